The number of fused-ring (bicyclic) bond motifs is 2. The lowest BCUT2D eigenvalue weighted by atomic mass is 9.61. The lowest BCUT2D eigenvalue weighted by Gasteiger charge is -2.52. The van der Waals surface area contributed by atoms with Crippen LogP contribution in [0.5, 0.6) is 0 Å². The quantitative estimate of drug-likeness (QED) is 0.693. The van der Waals surface area contributed by atoms with Crippen LogP contribution in [0.15, 0.2) is 23.5 Å². The van der Waals surface area contributed by atoms with Crippen molar-refractivity contribution >= 4 is 34.2 Å². The normalized spacial score (nSPS) is 27.7. The van der Waals surface area contributed by atoms with E-state index in [0.717, 1.165) is 44.6 Å². The van der Waals surface area contributed by atoms with Crippen molar-refractivity contribution in [1.29, 1.82) is 0 Å². The molecule has 3 atom stereocenters. The van der Waals surface area contributed by atoms with Gasteiger partial charge in [0.25, 0.3) is 0 Å². The summed E-state index contributed by atoms with van der Waals surface area (Å²) in [5.74, 6) is 3.36. The number of rotatable bonds is 6. The maximum absolute atomic E-state index is 12.2. The predicted molar refractivity (Wildman–Crippen MR) is 115 cm³/mol. The molecule has 0 radical (unpaired) electrons. The molecule has 2 aromatic rings. The minimum absolute atomic E-state index is 0.0404. The molecule has 2 unspecified atom stereocenters. The van der Waals surface area contributed by atoms with Crippen LogP contribution in [0.2, 0.25) is 5.02 Å². The highest BCUT2D eigenvalue weighted by Crippen LogP contribution is 2.51. The molecule has 2 aliphatic heterocycles. The Labute approximate surface area is 183 Å². The summed E-state index contributed by atoms with van der Waals surface area (Å²) < 4.78 is 12.2. The van der Waals surface area contributed by atoms with Gasteiger partial charge in [0.05, 0.1) is 39.1 Å². The molecule has 2 saturated carbocycles. The minimum atomic E-state index is -1.21. The number of aliphatic hydroxyl groups is 1. The molecule has 2 aromatic heterocycles. The first-order valence-corrected chi connectivity index (χ1v) is 12.2. The number of aliphatic hydroxyl groups excluding tert-OH is 1. The van der Waals surface area contributed by atoms with Gasteiger partial charge in [0, 0.05) is 37.7 Å². The molecule has 0 aromatic carbocycles. The van der Waals surface area contributed by atoms with Crippen molar-refractivity contribution in [1.82, 2.24) is 19.9 Å². The Kier molecular flexibility index (Phi) is 5.15. The smallest absolute Gasteiger partial charge is 0.227 e. The minimum Gasteiger partial charge on any atom is -0.394 e. The number of piperidine rings is 2. The Balaban J connectivity index is 1.36. The third-order valence-electron chi connectivity index (χ3n) is 6.80. The average molecular weight is 449 g/mol. The van der Waals surface area contributed by atoms with Crippen molar-refractivity contribution in [2.75, 3.05) is 36.2 Å². The summed E-state index contributed by atoms with van der Waals surface area (Å²) in [5, 5.41) is 13.8. The molecular weight excluding hydrogens is 424 g/mol. The molecule has 8 nitrogen and oxygen atoms in total. The second kappa shape index (κ2) is 7.69. The van der Waals surface area contributed by atoms with Crippen molar-refractivity contribution in [2.24, 2.45) is 11.8 Å². The summed E-state index contributed by atoms with van der Waals surface area (Å²) in [6.07, 6.45) is 10.6. The first-order valence-electron chi connectivity index (χ1n) is 10.3. The van der Waals surface area contributed by atoms with Gasteiger partial charge < -0.3 is 15.3 Å². The lowest BCUT2D eigenvalue weighted by molar-refractivity contribution is 0.104. The van der Waals surface area contributed by atoms with Gasteiger partial charge in [-0.2, -0.15) is 4.98 Å². The van der Waals surface area contributed by atoms with Gasteiger partial charge in [-0.3, -0.25) is 4.21 Å². The summed E-state index contributed by atoms with van der Waals surface area (Å²) >= 11 is 5.93. The Hall–Kier alpha value is -1.84. The van der Waals surface area contributed by atoms with E-state index >= 15 is 0 Å². The van der Waals surface area contributed by atoms with Gasteiger partial charge in [0.15, 0.2) is 0 Å². The standard InChI is InChI=1S/C20H25ClN6O2S/c1-30(29)15-8-24-19(25-17(15)26-20(11-28)3-2-4-20)27-9-12-5-13(10-27)16(12)18-22-6-14(21)7-23-18/h6-8,12-13,16,28H,2-5,9-11H2,1H3,(H,24,25,26)/t12?,13?,16?,30-/m0/s1. The van der Waals surface area contributed by atoms with Crippen LogP contribution in [0.25, 0.3) is 0 Å². The zero-order valence-electron chi connectivity index (χ0n) is 16.8. The molecular formula is C20H25ClN6O2S. The van der Waals surface area contributed by atoms with Crippen LogP contribution in [0, 0.1) is 11.8 Å². The van der Waals surface area contributed by atoms with Gasteiger partial charge in [0.2, 0.25) is 5.95 Å². The summed E-state index contributed by atoms with van der Waals surface area (Å²) in [5.41, 5.74) is -0.360. The van der Waals surface area contributed by atoms with E-state index in [1.165, 1.54) is 0 Å². The van der Waals surface area contributed by atoms with Crippen LogP contribution in [-0.4, -0.2) is 60.7 Å². The van der Waals surface area contributed by atoms with Crippen molar-refractivity contribution in [3.8, 4) is 0 Å². The van der Waals surface area contributed by atoms with E-state index in [0.29, 0.717) is 39.4 Å². The number of halogens is 1. The number of nitrogens with zero attached hydrogens (tertiary/aromatic N) is 5. The SMILES string of the molecule is C[S@](=O)c1cnc(N2CC3CC(C2)C3c2ncc(Cl)cn2)nc1NC1(CO)CCC1. The maximum Gasteiger partial charge on any atom is 0.227 e. The first-order chi connectivity index (χ1) is 14.5. The van der Waals surface area contributed by atoms with Crippen LogP contribution < -0.4 is 10.2 Å². The molecule has 10 heteroatoms. The highest BCUT2D eigenvalue weighted by atomic mass is 35.5. The molecule has 6 rings (SSSR count). The molecule has 2 bridgehead atoms. The third kappa shape index (κ3) is 3.46. The Bertz CT molecular complexity index is 953. The Morgan fingerprint density at radius 1 is 1.23 bits per heavy atom. The fraction of sp³-hybridized carbons (Fsp3) is 0.600. The van der Waals surface area contributed by atoms with Crippen LogP contribution >= 0.6 is 11.6 Å². The maximum atomic E-state index is 12.2. The second-order valence-electron chi connectivity index (χ2n) is 8.70. The fourth-order valence-electron chi connectivity index (χ4n) is 4.96. The van der Waals surface area contributed by atoms with Crippen LogP contribution in [0.3, 0.4) is 0 Å². The molecule has 2 N–H and O–H groups in total. The van der Waals surface area contributed by atoms with Gasteiger partial charge in [-0.25, -0.2) is 15.0 Å². The van der Waals surface area contributed by atoms with Gasteiger partial charge in [-0.15, -0.1) is 0 Å². The van der Waals surface area contributed by atoms with E-state index in [-0.39, 0.29) is 12.1 Å². The van der Waals surface area contributed by atoms with Crippen LogP contribution in [-0.2, 0) is 10.8 Å². The van der Waals surface area contributed by atoms with Crippen molar-refractivity contribution in [3.63, 3.8) is 0 Å². The molecule has 0 amide bonds. The lowest BCUT2D eigenvalue weighted by Crippen LogP contribution is -2.55. The first kappa shape index (κ1) is 20.1. The molecule has 2 saturated heterocycles. The molecule has 2 aliphatic carbocycles. The zero-order chi connectivity index (χ0) is 20.9. The fourth-order valence-corrected chi connectivity index (χ4v) is 5.63. The summed E-state index contributed by atoms with van der Waals surface area (Å²) in [7, 11) is -1.21. The van der Waals surface area contributed by atoms with Crippen LogP contribution in [0.1, 0.15) is 37.4 Å². The number of hydrogen-bond donors (Lipinski definition) is 2. The van der Waals surface area contributed by atoms with Gasteiger partial charge in [-0.1, -0.05) is 11.6 Å². The number of nitrogens with one attached hydrogen (secondary N) is 1. The predicted octanol–water partition coefficient (Wildman–Crippen LogP) is 2.22. The summed E-state index contributed by atoms with van der Waals surface area (Å²) in [6, 6.07) is 0. The van der Waals surface area contributed by atoms with E-state index in [1.54, 1.807) is 24.8 Å². The second-order valence-corrected chi connectivity index (χ2v) is 10.5. The highest BCUT2D eigenvalue weighted by molar-refractivity contribution is 7.84. The number of hydrogen-bond acceptors (Lipinski definition) is 8. The topological polar surface area (TPSA) is 104 Å². The van der Waals surface area contributed by atoms with Crippen molar-refractivity contribution in [3.05, 3.63) is 29.4 Å². The van der Waals surface area contributed by atoms with E-state index in [4.69, 9.17) is 16.6 Å². The Morgan fingerprint density at radius 2 is 1.93 bits per heavy atom. The van der Waals surface area contributed by atoms with E-state index < -0.39 is 10.8 Å². The zero-order valence-corrected chi connectivity index (χ0v) is 18.4. The molecule has 160 valence electrons. The molecule has 0 spiro atoms. The molecule has 4 heterocycles. The largest absolute Gasteiger partial charge is 0.394 e. The third-order valence-corrected chi connectivity index (χ3v) is 7.91. The highest BCUT2D eigenvalue weighted by Gasteiger charge is 2.49. The van der Waals surface area contributed by atoms with Gasteiger partial charge in [0.1, 0.15) is 11.6 Å². The summed E-state index contributed by atoms with van der Waals surface area (Å²) in [6.45, 7) is 1.72. The summed E-state index contributed by atoms with van der Waals surface area (Å²) in [4.78, 5) is 20.9. The number of aromatic nitrogens is 4. The van der Waals surface area contributed by atoms with Crippen LogP contribution in [0.4, 0.5) is 11.8 Å². The van der Waals surface area contributed by atoms with Crippen molar-refractivity contribution in [2.45, 2.75) is 42.0 Å². The molecule has 4 aliphatic rings. The molecule has 30 heavy (non-hydrogen) atoms. The van der Waals surface area contributed by atoms with Gasteiger partial charge >= 0.3 is 0 Å². The number of anilines is 2. The van der Waals surface area contributed by atoms with E-state index in [1.807, 2.05) is 0 Å². The van der Waals surface area contributed by atoms with Gasteiger partial charge in [-0.05, 0) is 37.5 Å². The average Bonchev–Trinajstić information content (AvgIpc) is 2.72. The van der Waals surface area contributed by atoms with E-state index in [2.05, 4.69) is 25.2 Å². The van der Waals surface area contributed by atoms with Crippen molar-refractivity contribution < 1.29 is 9.32 Å². The monoisotopic (exact) mass is 448 g/mol. The van der Waals surface area contributed by atoms with E-state index in [9.17, 15) is 9.32 Å². The Morgan fingerprint density at radius 3 is 2.50 bits per heavy atom. The molecule has 4 fully saturated rings.